The molecule has 0 radical (unpaired) electrons. The minimum atomic E-state index is -0.778. The van der Waals surface area contributed by atoms with Crippen molar-refractivity contribution in [1.29, 1.82) is 0 Å². The highest BCUT2D eigenvalue weighted by Gasteiger charge is 2.08. The highest BCUT2D eigenvalue weighted by atomic mass is 79.9. The van der Waals surface area contributed by atoms with Crippen LogP contribution in [-0.4, -0.2) is 20.9 Å². The minimum absolute atomic E-state index is 0.149. The van der Waals surface area contributed by atoms with E-state index in [0.29, 0.717) is 6.42 Å². The molecule has 0 fully saturated rings. The van der Waals surface area contributed by atoms with Crippen molar-refractivity contribution in [3.63, 3.8) is 0 Å². The molecule has 1 rings (SSSR count). The average molecular weight is 261 g/mol. The highest BCUT2D eigenvalue weighted by molar-refractivity contribution is 9.10. The number of carboxylic acids is 1. The largest absolute Gasteiger partial charge is 0.481 e. The third kappa shape index (κ3) is 2.83. The number of carbonyl (C=O) groups is 1. The Hall–Kier alpha value is -0.840. The summed E-state index contributed by atoms with van der Waals surface area (Å²) in [5, 5.41) is 12.7. The molecule has 14 heavy (non-hydrogen) atoms. The molecule has 78 valence electrons. The highest BCUT2D eigenvalue weighted by Crippen LogP contribution is 2.18. The molecule has 0 bridgehead atoms. The Balaban J connectivity index is 2.64. The Kier molecular flexibility index (Phi) is 4.13. The van der Waals surface area contributed by atoms with E-state index < -0.39 is 5.97 Å². The summed E-state index contributed by atoms with van der Waals surface area (Å²) in [6.45, 7) is 2.93. The van der Waals surface area contributed by atoms with Gasteiger partial charge in [0.05, 0.1) is 6.20 Å². The Bertz CT molecular complexity index is 323. The molecular formula is C9H13BrN2O2. The van der Waals surface area contributed by atoms with Gasteiger partial charge in [0.15, 0.2) is 0 Å². The molecule has 0 saturated heterocycles. The van der Waals surface area contributed by atoms with Gasteiger partial charge in [-0.1, -0.05) is 6.92 Å². The van der Waals surface area contributed by atoms with Crippen LogP contribution in [0.25, 0.3) is 0 Å². The number of carboxylic acid groups (broad SMARTS) is 1. The molecule has 0 saturated carbocycles. The molecule has 0 unspecified atom stereocenters. The summed E-state index contributed by atoms with van der Waals surface area (Å²) in [4.78, 5) is 10.4. The first kappa shape index (κ1) is 11.2. The lowest BCUT2D eigenvalue weighted by Gasteiger charge is -2.00. The zero-order valence-electron chi connectivity index (χ0n) is 8.03. The summed E-state index contributed by atoms with van der Waals surface area (Å²) in [5.41, 5.74) is 0.959. The van der Waals surface area contributed by atoms with Gasteiger partial charge in [0, 0.05) is 18.5 Å². The van der Waals surface area contributed by atoms with Gasteiger partial charge in [-0.15, -0.1) is 0 Å². The van der Waals surface area contributed by atoms with Crippen LogP contribution in [0.5, 0.6) is 0 Å². The Morgan fingerprint density at radius 3 is 3.00 bits per heavy atom. The molecule has 0 amide bonds. The number of aryl methyl sites for hydroxylation is 2. The smallest absolute Gasteiger partial charge is 0.303 e. The van der Waals surface area contributed by atoms with Gasteiger partial charge in [-0.2, -0.15) is 5.10 Å². The van der Waals surface area contributed by atoms with E-state index in [0.717, 1.165) is 23.1 Å². The van der Waals surface area contributed by atoms with Gasteiger partial charge in [0.1, 0.15) is 4.60 Å². The number of aromatic nitrogens is 2. The molecule has 0 spiro atoms. The summed E-state index contributed by atoms with van der Waals surface area (Å²) >= 11 is 3.41. The van der Waals surface area contributed by atoms with Crippen molar-refractivity contribution in [3.05, 3.63) is 16.4 Å². The van der Waals surface area contributed by atoms with Gasteiger partial charge >= 0.3 is 5.97 Å². The second-order valence-corrected chi connectivity index (χ2v) is 3.83. The molecule has 5 heteroatoms. The summed E-state index contributed by atoms with van der Waals surface area (Å²) < 4.78 is 2.75. The zero-order chi connectivity index (χ0) is 10.6. The van der Waals surface area contributed by atoms with Crippen LogP contribution in [0, 0.1) is 0 Å². The van der Waals surface area contributed by atoms with E-state index in [9.17, 15) is 4.79 Å². The predicted octanol–water partition coefficient (Wildman–Crippen LogP) is 2.07. The van der Waals surface area contributed by atoms with Crippen LogP contribution >= 0.6 is 15.9 Å². The molecule has 4 nitrogen and oxygen atoms in total. The van der Waals surface area contributed by atoms with Crippen LogP contribution in [0.15, 0.2) is 10.8 Å². The third-order valence-electron chi connectivity index (χ3n) is 1.89. The minimum Gasteiger partial charge on any atom is -0.481 e. The average Bonchev–Trinajstić information content (AvgIpc) is 2.46. The van der Waals surface area contributed by atoms with Gasteiger partial charge < -0.3 is 5.11 Å². The van der Waals surface area contributed by atoms with E-state index in [1.807, 2.05) is 4.68 Å². The van der Waals surface area contributed by atoms with Gasteiger partial charge in [-0.25, -0.2) is 0 Å². The SMILES string of the molecule is CCCn1ncc(CCC(=O)O)c1Br. The van der Waals surface area contributed by atoms with Crippen molar-refractivity contribution in [2.75, 3.05) is 0 Å². The summed E-state index contributed by atoms with van der Waals surface area (Å²) in [6, 6.07) is 0. The number of aliphatic carboxylic acids is 1. The molecule has 1 aromatic rings. The van der Waals surface area contributed by atoms with Crippen LogP contribution < -0.4 is 0 Å². The van der Waals surface area contributed by atoms with Gasteiger partial charge in [0.25, 0.3) is 0 Å². The first-order chi connectivity index (χ1) is 6.65. The number of rotatable bonds is 5. The maximum Gasteiger partial charge on any atom is 0.303 e. The number of hydrogen-bond acceptors (Lipinski definition) is 2. The second kappa shape index (κ2) is 5.14. The molecule has 1 N–H and O–H groups in total. The first-order valence-electron chi connectivity index (χ1n) is 4.57. The molecule has 0 aromatic carbocycles. The standard InChI is InChI=1S/C9H13BrN2O2/c1-2-5-12-9(10)7(6-11-12)3-4-8(13)14/h6H,2-5H2,1H3,(H,13,14). The maximum atomic E-state index is 10.4. The second-order valence-electron chi connectivity index (χ2n) is 3.08. The Morgan fingerprint density at radius 1 is 1.71 bits per heavy atom. The summed E-state index contributed by atoms with van der Waals surface area (Å²) in [5.74, 6) is -0.778. The van der Waals surface area contributed by atoms with Gasteiger partial charge in [-0.3, -0.25) is 9.48 Å². The van der Waals surface area contributed by atoms with E-state index >= 15 is 0 Å². The van der Waals surface area contributed by atoms with E-state index in [1.165, 1.54) is 0 Å². The van der Waals surface area contributed by atoms with Crippen molar-refractivity contribution >= 4 is 21.9 Å². The van der Waals surface area contributed by atoms with Crippen LogP contribution in [0.1, 0.15) is 25.3 Å². The zero-order valence-corrected chi connectivity index (χ0v) is 9.62. The third-order valence-corrected chi connectivity index (χ3v) is 2.81. The molecular weight excluding hydrogens is 248 g/mol. The van der Waals surface area contributed by atoms with Gasteiger partial charge in [-0.05, 0) is 28.8 Å². The van der Waals surface area contributed by atoms with Crippen LogP contribution in [0.2, 0.25) is 0 Å². The van der Waals surface area contributed by atoms with E-state index in [1.54, 1.807) is 6.20 Å². The van der Waals surface area contributed by atoms with Crippen LogP contribution in [-0.2, 0) is 17.8 Å². The first-order valence-corrected chi connectivity index (χ1v) is 5.36. The Labute approximate surface area is 91.1 Å². The van der Waals surface area contributed by atoms with Crippen molar-refractivity contribution in [3.8, 4) is 0 Å². The van der Waals surface area contributed by atoms with E-state index in [-0.39, 0.29) is 6.42 Å². The molecule has 0 aliphatic carbocycles. The Morgan fingerprint density at radius 2 is 2.43 bits per heavy atom. The fraction of sp³-hybridized carbons (Fsp3) is 0.556. The quantitative estimate of drug-likeness (QED) is 0.882. The number of nitrogens with zero attached hydrogens (tertiary/aromatic N) is 2. The molecule has 0 aliphatic rings. The number of hydrogen-bond donors (Lipinski definition) is 1. The lowest BCUT2D eigenvalue weighted by molar-refractivity contribution is -0.136. The predicted molar refractivity (Wildman–Crippen MR) is 56.2 cm³/mol. The molecule has 1 heterocycles. The topological polar surface area (TPSA) is 55.1 Å². The van der Waals surface area contributed by atoms with Crippen LogP contribution in [0.4, 0.5) is 0 Å². The van der Waals surface area contributed by atoms with Crippen molar-refractivity contribution in [2.45, 2.75) is 32.7 Å². The fourth-order valence-corrected chi connectivity index (χ4v) is 1.76. The lowest BCUT2D eigenvalue weighted by atomic mass is 10.2. The summed E-state index contributed by atoms with van der Waals surface area (Å²) in [6.07, 6.45) is 3.41. The molecule has 1 aromatic heterocycles. The summed E-state index contributed by atoms with van der Waals surface area (Å²) in [7, 11) is 0. The van der Waals surface area contributed by atoms with Crippen LogP contribution in [0.3, 0.4) is 0 Å². The normalized spacial score (nSPS) is 10.4. The van der Waals surface area contributed by atoms with Gasteiger partial charge in [0.2, 0.25) is 0 Å². The van der Waals surface area contributed by atoms with E-state index in [2.05, 4.69) is 28.0 Å². The van der Waals surface area contributed by atoms with Crippen molar-refractivity contribution in [2.24, 2.45) is 0 Å². The van der Waals surface area contributed by atoms with E-state index in [4.69, 9.17) is 5.11 Å². The molecule has 0 atom stereocenters. The fourth-order valence-electron chi connectivity index (χ4n) is 1.19. The maximum absolute atomic E-state index is 10.4. The van der Waals surface area contributed by atoms with Crippen molar-refractivity contribution < 1.29 is 9.90 Å². The monoisotopic (exact) mass is 260 g/mol. The lowest BCUT2D eigenvalue weighted by Crippen LogP contribution is -2.00. The van der Waals surface area contributed by atoms with Crippen molar-refractivity contribution in [1.82, 2.24) is 9.78 Å². The number of halogens is 1. The molecule has 0 aliphatic heterocycles.